The van der Waals surface area contributed by atoms with Crippen molar-refractivity contribution in [1.29, 1.82) is 0 Å². The normalized spacial score (nSPS) is 23.7. The van der Waals surface area contributed by atoms with Gasteiger partial charge in [-0.3, -0.25) is 0 Å². The first-order valence-electron chi connectivity index (χ1n) is 9.55. The van der Waals surface area contributed by atoms with E-state index in [-0.39, 0.29) is 6.61 Å². The highest BCUT2D eigenvalue weighted by Gasteiger charge is 2.31. The Morgan fingerprint density at radius 3 is 2.44 bits per heavy atom. The fraction of sp³-hybridized carbons (Fsp3) is 0.789. The number of rotatable bonds is 5. The van der Waals surface area contributed by atoms with Gasteiger partial charge in [0, 0.05) is 45.9 Å². The molecule has 0 aromatic carbocycles. The first kappa shape index (κ1) is 18.4. The van der Waals surface area contributed by atoms with E-state index in [9.17, 15) is 5.11 Å². The summed E-state index contributed by atoms with van der Waals surface area (Å²) in [6.07, 6.45) is 5.68. The summed E-state index contributed by atoms with van der Waals surface area (Å²) in [7, 11) is 8.28. The lowest BCUT2D eigenvalue weighted by atomic mass is 9.88. The molecule has 0 radical (unpaired) electrons. The van der Waals surface area contributed by atoms with E-state index >= 15 is 0 Å². The molecule has 0 unspecified atom stereocenters. The van der Waals surface area contributed by atoms with Gasteiger partial charge in [-0.2, -0.15) is 4.98 Å². The minimum atomic E-state index is 0.258. The number of piperidine rings is 1. The molecule has 6 heteroatoms. The van der Waals surface area contributed by atoms with Crippen molar-refractivity contribution in [2.24, 2.45) is 11.8 Å². The van der Waals surface area contributed by atoms with E-state index < -0.39 is 0 Å². The standard InChI is InChI=1S/C19H33N5O/c1-22(2)10-14-9-15(13-25)12-24(11-14)18-16-7-5-6-8-17(16)20-19(21-18)23(3)4/h14-15,25H,5-13H2,1-4H3/t14-,15+/m0/s1. The summed E-state index contributed by atoms with van der Waals surface area (Å²) in [5.74, 6) is 2.83. The van der Waals surface area contributed by atoms with Gasteiger partial charge >= 0.3 is 0 Å². The Bertz CT molecular complexity index is 589. The first-order valence-corrected chi connectivity index (χ1v) is 9.55. The fourth-order valence-electron chi connectivity index (χ4n) is 4.30. The smallest absolute Gasteiger partial charge is 0.227 e. The fourth-order valence-corrected chi connectivity index (χ4v) is 4.30. The Hall–Kier alpha value is -1.40. The number of aromatic nitrogens is 2. The van der Waals surface area contributed by atoms with E-state index in [4.69, 9.17) is 9.97 Å². The van der Waals surface area contributed by atoms with Crippen LogP contribution in [-0.2, 0) is 12.8 Å². The van der Waals surface area contributed by atoms with Crippen LogP contribution in [0.5, 0.6) is 0 Å². The van der Waals surface area contributed by atoms with Crippen molar-refractivity contribution in [1.82, 2.24) is 14.9 Å². The second kappa shape index (κ2) is 7.87. The highest BCUT2D eigenvalue weighted by molar-refractivity contribution is 5.54. The van der Waals surface area contributed by atoms with Gasteiger partial charge in [0.25, 0.3) is 0 Å². The Kier molecular flexibility index (Phi) is 5.79. The van der Waals surface area contributed by atoms with Crippen molar-refractivity contribution in [2.75, 3.05) is 64.2 Å². The molecule has 3 rings (SSSR count). The summed E-state index contributed by atoms with van der Waals surface area (Å²) >= 11 is 0. The molecule has 140 valence electrons. The van der Waals surface area contributed by atoms with Crippen molar-refractivity contribution < 1.29 is 5.11 Å². The average Bonchev–Trinajstić information content (AvgIpc) is 2.59. The van der Waals surface area contributed by atoms with Gasteiger partial charge in [-0.25, -0.2) is 4.98 Å². The second-order valence-corrected chi connectivity index (χ2v) is 8.19. The van der Waals surface area contributed by atoms with Gasteiger partial charge in [0.1, 0.15) is 5.82 Å². The molecule has 1 saturated heterocycles. The molecule has 0 amide bonds. The number of hydrogen-bond donors (Lipinski definition) is 1. The van der Waals surface area contributed by atoms with E-state index in [1.54, 1.807) is 0 Å². The van der Waals surface area contributed by atoms with Gasteiger partial charge in [0.15, 0.2) is 0 Å². The van der Waals surface area contributed by atoms with Crippen LogP contribution in [0.2, 0.25) is 0 Å². The number of hydrogen-bond acceptors (Lipinski definition) is 6. The van der Waals surface area contributed by atoms with E-state index in [1.165, 1.54) is 24.1 Å². The van der Waals surface area contributed by atoms with Crippen LogP contribution in [0, 0.1) is 11.8 Å². The van der Waals surface area contributed by atoms with Gasteiger partial charge < -0.3 is 19.8 Å². The Balaban J connectivity index is 1.94. The summed E-state index contributed by atoms with van der Waals surface area (Å²) in [5.41, 5.74) is 2.58. The Morgan fingerprint density at radius 2 is 1.76 bits per heavy atom. The molecule has 6 nitrogen and oxygen atoms in total. The number of anilines is 2. The summed E-state index contributed by atoms with van der Waals surface area (Å²) in [5, 5.41) is 9.81. The van der Waals surface area contributed by atoms with Crippen LogP contribution in [0.15, 0.2) is 0 Å². The van der Waals surface area contributed by atoms with Gasteiger partial charge in [0.2, 0.25) is 5.95 Å². The molecule has 2 atom stereocenters. The summed E-state index contributed by atoms with van der Waals surface area (Å²) < 4.78 is 0. The van der Waals surface area contributed by atoms with E-state index in [0.29, 0.717) is 11.8 Å². The summed E-state index contributed by atoms with van der Waals surface area (Å²) in [6, 6.07) is 0. The molecule has 0 bridgehead atoms. The molecule has 1 aromatic rings. The second-order valence-electron chi connectivity index (χ2n) is 8.19. The maximum Gasteiger partial charge on any atom is 0.227 e. The van der Waals surface area contributed by atoms with Crippen LogP contribution < -0.4 is 9.80 Å². The topological polar surface area (TPSA) is 55.7 Å². The average molecular weight is 348 g/mol. The van der Waals surface area contributed by atoms with E-state index in [2.05, 4.69) is 23.9 Å². The molecule has 1 aliphatic heterocycles. The molecule has 2 heterocycles. The number of aliphatic hydroxyl groups excluding tert-OH is 1. The molecule has 0 saturated carbocycles. The minimum Gasteiger partial charge on any atom is -0.396 e. The van der Waals surface area contributed by atoms with Crippen molar-refractivity contribution in [3.8, 4) is 0 Å². The van der Waals surface area contributed by atoms with E-state index in [1.807, 2.05) is 19.0 Å². The van der Waals surface area contributed by atoms with Crippen molar-refractivity contribution in [2.45, 2.75) is 32.1 Å². The SMILES string of the molecule is CN(C)C[C@@H]1C[C@@H](CO)CN(c2nc(N(C)C)nc3c2CCCC3)C1. The predicted octanol–water partition coefficient (Wildman–Crippen LogP) is 1.42. The van der Waals surface area contributed by atoms with Gasteiger partial charge in [-0.1, -0.05) is 0 Å². The zero-order chi connectivity index (χ0) is 18.0. The zero-order valence-corrected chi connectivity index (χ0v) is 16.2. The quantitative estimate of drug-likeness (QED) is 0.869. The third-order valence-electron chi connectivity index (χ3n) is 5.35. The third-order valence-corrected chi connectivity index (χ3v) is 5.35. The molecule has 2 aliphatic rings. The van der Waals surface area contributed by atoms with E-state index in [0.717, 1.165) is 50.7 Å². The summed E-state index contributed by atoms with van der Waals surface area (Å²) in [4.78, 5) is 16.4. The lowest BCUT2D eigenvalue weighted by molar-refractivity contribution is 0.170. The maximum absolute atomic E-state index is 9.81. The summed E-state index contributed by atoms with van der Waals surface area (Å²) in [6.45, 7) is 3.23. The van der Waals surface area contributed by atoms with Crippen LogP contribution >= 0.6 is 0 Å². The van der Waals surface area contributed by atoms with Crippen molar-refractivity contribution in [3.63, 3.8) is 0 Å². The lowest BCUT2D eigenvalue weighted by Gasteiger charge is -2.40. The van der Waals surface area contributed by atoms with Gasteiger partial charge in [0.05, 0.1) is 5.69 Å². The molecule has 0 spiro atoms. The van der Waals surface area contributed by atoms with Crippen LogP contribution in [0.1, 0.15) is 30.5 Å². The molecular weight excluding hydrogens is 314 g/mol. The van der Waals surface area contributed by atoms with Crippen LogP contribution in [0.25, 0.3) is 0 Å². The van der Waals surface area contributed by atoms with Gasteiger partial charge in [-0.15, -0.1) is 0 Å². The van der Waals surface area contributed by atoms with Crippen LogP contribution in [-0.4, -0.2) is 74.4 Å². The minimum absolute atomic E-state index is 0.258. The number of fused-ring (bicyclic) bond motifs is 1. The molecule has 1 aromatic heterocycles. The Morgan fingerprint density at radius 1 is 1.04 bits per heavy atom. The predicted molar refractivity (Wildman–Crippen MR) is 102 cm³/mol. The highest BCUT2D eigenvalue weighted by Crippen LogP contribution is 2.33. The molecular formula is C19H33N5O. The number of nitrogens with zero attached hydrogens (tertiary/aromatic N) is 5. The maximum atomic E-state index is 9.81. The highest BCUT2D eigenvalue weighted by atomic mass is 16.3. The van der Waals surface area contributed by atoms with Gasteiger partial charge in [-0.05, 0) is 58.0 Å². The molecule has 1 aliphatic carbocycles. The van der Waals surface area contributed by atoms with Crippen molar-refractivity contribution >= 4 is 11.8 Å². The van der Waals surface area contributed by atoms with Crippen LogP contribution in [0.4, 0.5) is 11.8 Å². The largest absolute Gasteiger partial charge is 0.396 e. The zero-order valence-electron chi connectivity index (χ0n) is 16.2. The first-order chi connectivity index (χ1) is 12.0. The Labute approximate surface area is 151 Å². The number of aryl methyl sites for hydroxylation is 1. The monoisotopic (exact) mass is 347 g/mol. The molecule has 1 fully saturated rings. The number of aliphatic hydroxyl groups is 1. The lowest BCUT2D eigenvalue weighted by Crippen LogP contribution is -2.45. The molecule has 1 N–H and O–H groups in total. The van der Waals surface area contributed by atoms with Crippen LogP contribution in [0.3, 0.4) is 0 Å². The van der Waals surface area contributed by atoms with Crippen molar-refractivity contribution in [3.05, 3.63) is 11.3 Å². The molecule has 25 heavy (non-hydrogen) atoms. The third kappa shape index (κ3) is 4.23.